The molecule has 14 heavy (non-hydrogen) atoms. The maximum Gasteiger partial charge on any atom is 0.0931 e. The normalized spacial score (nSPS) is 29.4. The summed E-state index contributed by atoms with van der Waals surface area (Å²) in [6.45, 7) is 2.12. The van der Waals surface area contributed by atoms with Crippen LogP contribution in [0.3, 0.4) is 0 Å². The highest BCUT2D eigenvalue weighted by molar-refractivity contribution is 7.16. The number of nitrogens with two attached hydrogens (primary N) is 1. The van der Waals surface area contributed by atoms with E-state index in [0.717, 1.165) is 23.8 Å². The smallest absolute Gasteiger partial charge is 0.0931 e. The third-order valence-electron chi connectivity index (χ3n) is 2.82. The zero-order chi connectivity index (χ0) is 10.1. The zero-order valence-electron chi connectivity index (χ0n) is 8.24. The van der Waals surface area contributed by atoms with E-state index in [2.05, 4.69) is 18.0 Å². The monoisotopic (exact) mass is 230 g/mol. The van der Waals surface area contributed by atoms with Crippen molar-refractivity contribution in [3.8, 4) is 0 Å². The van der Waals surface area contributed by atoms with E-state index in [1.54, 1.807) is 11.3 Å². The van der Waals surface area contributed by atoms with Gasteiger partial charge >= 0.3 is 0 Å². The van der Waals surface area contributed by atoms with Crippen LogP contribution in [0.5, 0.6) is 0 Å². The van der Waals surface area contributed by atoms with Crippen LogP contribution in [0, 0.1) is 0 Å². The number of hydrogen-bond donors (Lipinski definition) is 1. The van der Waals surface area contributed by atoms with Gasteiger partial charge in [-0.25, -0.2) is 0 Å². The lowest BCUT2D eigenvalue weighted by atomic mass is 9.91. The van der Waals surface area contributed by atoms with Crippen LogP contribution in [-0.4, -0.2) is 31.1 Å². The molecule has 2 unspecified atom stereocenters. The zero-order valence-corrected chi connectivity index (χ0v) is 9.81. The van der Waals surface area contributed by atoms with Crippen LogP contribution in [0.1, 0.15) is 17.2 Å². The van der Waals surface area contributed by atoms with Gasteiger partial charge in [0.2, 0.25) is 0 Å². The van der Waals surface area contributed by atoms with E-state index in [-0.39, 0.29) is 6.04 Å². The number of rotatable bonds is 1. The molecule has 0 spiro atoms. The molecule has 2 heterocycles. The summed E-state index contributed by atoms with van der Waals surface area (Å²) in [4.78, 5) is 3.63. The molecule has 2 N–H and O–H groups in total. The standard InChI is InChI=1S/C10H15ClN2S/c1-13-5-4-7(8(12)6-13)9-2-3-10(11)14-9/h2-3,7-8H,4-6,12H2,1H3. The number of nitrogens with zero attached hydrogens (tertiary/aromatic N) is 1. The van der Waals surface area contributed by atoms with Crippen LogP contribution in [0.25, 0.3) is 0 Å². The summed E-state index contributed by atoms with van der Waals surface area (Å²) < 4.78 is 0.867. The summed E-state index contributed by atoms with van der Waals surface area (Å²) in [5.41, 5.74) is 6.13. The lowest BCUT2D eigenvalue weighted by Gasteiger charge is -2.33. The van der Waals surface area contributed by atoms with Gasteiger partial charge in [0, 0.05) is 23.4 Å². The van der Waals surface area contributed by atoms with Crippen molar-refractivity contribution in [2.45, 2.75) is 18.4 Å². The summed E-state index contributed by atoms with van der Waals surface area (Å²) in [7, 11) is 2.12. The first-order valence-electron chi connectivity index (χ1n) is 4.86. The molecule has 2 atom stereocenters. The number of piperidine rings is 1. The molecule has 1 saturated heterocycles. The molecule has 1 fully saturated rings. The van der Waals surface area contributed by atoms with E-state index in [1.807, 2.05) is 6.07 Å². The van der Waals surface area contributed by atoms with Crippen molar-refractivity contribution in [3.05, 3.63) is 21.3 Å². The summed E-state index contributed by atoms with van der Waals surface area (Å²) in [6.07, 6.45) is 1.15. The van der Waals surface area contributed by atoms with Gasteiger partial charge in [0.05, 0.1) is 4.34 Å². The fourth-order valence-electron chi connectivity index (χ4n) is 2.03. The first-order chi connectivity index (χ1) is 6.66. The molecular weight excluding hydrogens is 216 g/mol. The highest BCUT2D eigenvalue weighted by Crippen LogP contribution is 2.33. The molecule has 1 aromatic rings. The Bertz CT molecular complexity index is 313. The minimum absolute atomic E-state index is 0.253. The topological polar surface area (TPSA) is 29.3 Å². The molecule has 78 valence electrons. The van der Waals surface area contributed by atoms with Gasteiger partial charge < -0.3 is 10.6 Å². The minimum atomic E-state index is 0.253. The summed E-state index contributed by atoms with van der Waals surface area (Å²) in [6, 6.07) is 4.33. The molecule has 0 saturated carbocycles. The highest BCUT2D eigenvalue weighted by atomic mass is 35.5. The van der Waals surface area contributed by atoms with Crippen molar-refractivity contribution in [1.29, 1.82) is 0 Å². The van der Waals surface area contributed by atoms with Gasteiger partial charge in [0.1, 0.15) is 0 Å². The van der Waals surface area contributed by atoms with Crippen LogP contribution < -0.4 is 5.73 Å². The van der Waals surface area contributed by atoms with Gasteiger partial charge in [-0.3, -0.25) is 0 Å². The van der Waals surface area contributed by atoms with Gasteiger partial charge in [-0.2, -0.15) is 0 Å². The average molecular weight is 231 g/mol. The lowest BCUT2D eigenvalue weighted by Crippen LogP contribution is -2.45. The molecule has 0 radical (unpaired) electrons. The van der Waals surface area contributed by atoms with Gasteiger partial charge in [0.25, 0.3) is 0 Å². The molecule has 0 bridgehead atoms. The molecule has 4 heteroatoms. The molecule has 0 aliphatic carbocycles. The molecule has 2 rings (SSSR count). The Morgan fingerprint density at radius 1 is 1.57 bits per heavy atom. The summed E-state index contributed by atoms with van der Waals surface area (Å²) in [5, 5.41) is 0. The molecule has 1 aromatic heterocycles. The molecule has 0 aromatic carbocycles. The van der Waals surface area contributed by atoms with E-state index in [9.17, 15) is 0 Å². The van der Waals surface area contributed by atoms with Crippen LogP contribution in [0.2, 0.25) is 4.34 Å². The van der Waals surface area contributed by atoms with E-state index in [0.29, 0.717) is 5.92 Å². The Morgan fingerprint density at radius 3 is 2.93 bits per heavy atom. The van der Waals surface area contributed by atoms with E-state index in [1.165, 1.54) is 4.88 Å². The number of halogens is 1. The maximum atomic E-state index is 6.13. The molecule has 1 aliphatic rings. The van der Waals surface area contributed by atoms with Crippen molar-refractivity contribution < 1.29 is 0 Å². The Morgan fingerprint density at radius 2 is 2.36 bits per heavy atom. The van der Waals surface area contributed by atoms with Gasteiger partial charge in [-0.05, 0) is 32.1 Å². The Hall–Kier alpha value is -0.0900. The van der Waals surface area contributed by atoms with E-state index < -0.39 is 0 Å². The minimum Gasteiger partial charge on any atom is -0.326 e. The van der Waals surface area contributed by atoms with Crippen molar-refractivity contribution in [2.75, 3.05) is 20.1 Å². The average Bonchev–Trinajstić information content (AvgIpc) is 2.51. The van der Waals surface area contributed by atoms with E-state index in [4.69, 9.17) is 17.3 Å². The lowest BCUT2D eigenvalue weighted by molar-refractivity contribution is 0.230. The second kappa shape index (κ2) is 4.19. The van der Waals surface area contributed by atoms with Crippen molar-refractivity contribution in [1.82, 2.24) is 4.90 Å². The Balaban J connectivity index is 2.11. The SMILES string of the molecule is CN1CCC(c2ccc(Cl)s2)C(N)C1. The largest absolute Gasteiger partial charge is 0.326 e. The summed E-state index contributed by atoms with van der Waals surface area (Å²) >= 11 is 7.59. The predicted octanol–water partition coefficient (Wildman–Crippen LogP) is 2.15. The number of likely N-dealkylation sites (N-methyl/N-ethyl adjacent to an activating group) is 1. The van der Waals surface area contributed by atoms with E-state index >= 15 is 0 Å². The Kier molecular flexibility index (Phi) is 3.12. The first-order valence-corrected chi connectivity index (χ1v) is 6.05. The van der Waals surface area contributed by atoms with Crippen molar-refractivity contribution in [3.63, 3.8) is 0 Å². The van der Waals surface area contributed by atoms with Gasteiger partial charge in [-0.1, -0.05) is 11.6 Å². The van der Waals surface area contributed by atoms with Crippen LogP contribution >= 0.6 is 22.9 Å². The van der Waals surface area contributed by atoms with Crippen LogP contribution in [-0.2, 0) is 0 Å². The predicted molar refractivity (Wildman–Crippen MR) is 62.2 cm³/mol. The number of hydrogen-bond acceptors (Lipinski definition) is 3. The third-order valence-corrected chi connectivity index (χ3v) is 4.18. The van der Waals surface area contributed by atoms with Crippen LogP contribution in [0.4, 0.5) is 0 Å². The third kappa shape index (κ3) is 2.11. The molecule has 0 amide bonds. The fourth-order valence-corrected chi connectivity index (χ4v) is 3.30. The van der Waals surface area contributed by atoms with Gasteiger partial charge in [0.15, 0.2) is 0 Å². The Labute approximate surface area is 93.7 Å². The summed E-state index contributed by atoms with van der Waals surface area (Å²) in [5.74, 6) is 0.503. The molecule has 2 nitrogen and oxygen atoms in total. The van der Waals surface area contributed by atoms with Crippen LogP contribution in [0.15, 0.2) is 12.1 Å². The molecular formula is C10H15ClN2S. The maximum absolute atomic E-state index is 6.13. The number of thiophene rings is 1. The molecule has 1 aliphatic heterocycles. The second-order valence-electron chi connectivity index (χ2n) is 3.96. The van der Waals surface area contributed by atoms with Gasteiger partial charge in [-0.15, -0.1) is 11.3 Å². The number of likely N-dealkylation sites (tertiary alicyclic amines) is 1. The van der Waals surface area contributed by atoms with Crippen molar-refractivity contribution in [2.24, 2.45) is 5.73 Å². The first kappa shape index (κ1) is 10.4. The quantitative estimate of drug-likeness (QED) is 0.801. The fraction of sp³-hybridized carbons (Fsp3) is 0.600. The van der Waals surface area contributed by atoms with Crippen molar-refractivity contribution >= 4 is 22.9 Å². The highest BCUT2D eigenvalue weighted by Gasteiger charge is 2.26. The second-order valence-corrected chi connectivity index (χ2v) is 5.71.